The molecule has 1 fully saturated rings. The maximum atomic E-state index is 12.4. The Labute approximate surface area is 171 Å². The molecule has 156 valence electrons. The first-order chi connectivity index (χ1) is 13.9. The smallest absolute Gasteiger partial charge is 0.344 e. The Hall–Kier alpha value is -3.01. The molecule has 0 aliphatic heterocycles. The Morgan fingerprint density at radius 3 is 2.62 bits per heavy atom. The van der Waals surface area contributed by atoms with E-state index >= 15 is 0 Å². The third-order valence-electron chi connectivity index (χ3n) is 4.85. The zero-order chi connectivity index (χ0) is 21.3. The molecule has 1 N–H and O–H groups in total. The summed E-state index contributed by atoms with van der Waals surface area (Å²) in [5, 5.41) is 12.2. The van der Waals surface area contributed by atoms with E-state index in [1.807, 2.05) is 25.1 Å². The minimum absolute atomic E-state index is 0.361. The van der Waals surface area contributed by atoms with Crippen LogP contribution in [0.15, 0.2) is 24.3 Å². The van der Waals surface area contributed by atoms with Gasteiger partial charge in [-0.1, -0.05) is 37.5 Å². The van der Waals surface area contributed by atoms with Crippen molar-refractivity contribution < 1.29 is 23.8 Å². The summed E-state index contributed by atoms with van der Waals surface area (Å²) in [7, 11) is 1.52. The van der Waals surface area contributed by atoms with Gasteiger partial charge in [0.25, 0.3) is 5.91 Å². The fourth-order valence-electron chi connectivity index (χ4n) is 3.28. The molecule has 1 amide bonds. The molecule has 0 radical (unpaired) electrons. The Kier molecular flexibility index (Phi) is 8.08. The minimum Gasteiger partial charge on any atom is -0.493 e. The lowest BCUT2D eigenvalue weighted by molar-refractivity contribution is -0.157. The summed E-state index contributed by atoms with van der Waals surface area (Å²) in [6.45, 7) is 3.03. The number of benzene rings is 1. The fourth-order valence-corrected chi connectivity index (χ4v) is 3.28. The van der Waals surface area contributed by atoms with Crippen molar-refractivity contribution in [3.05, 3.63) is 29.8 Å². The van der Waals surface area contributed by atoms with Crippen LogP contribution in [0.3, 0.4) is 0 Å². The van der Waals surface area contributed by atoms with Gasteiger partial charge >= 0.3 is 5.97 Å². The molecule has 1 aromatic rings. The lowest BCUT2D eigenvalue weighted by Gasteiger charge is -2.32. The Morgan fingerprint density at radius 2 is 2.00 bits per heavy atom. The van der Waals surface area contributed by atoms with Gasteiger partial charge < -0.3 is 19.5 Å². The number of rotatable bonds is 8. The zero-order valence-electron chi connectivity index (χ0n) is 17.2. The molecule has 0 aromatic heterocycles. The molecule has 29 heavy (non-hydrogen) atoms. The monoisotopic (exact) mass is 400 g/mol. The van der Waals surface area contributed by atoms with Gasteiger partial charge in [-0.15, -0.1) is 0 Å². The van der Waals surface area contributed by atoms with Gasteiger partial charge in [-0.3, -0.25) is 4.79 Å². The van der Waals surface area contributed by atoms with E-state index in [1.165, 1.54) is 14.0 Å². The van der Waals surface area contributed by atoms with E-state index in [0.717, 1.165) is 24.8 Å². The van der Waals surface area contributed by atoms with Crippen LogP contribution in [0, 0.1) is 11.3 Å². The average molecular weight is 400 g/mol. The SMILES string of the molecule is C/C=C/c1ccc(OCC(=O)O[C@H](C)C(=O)NC2(C#N)CCCCC2)c(OC)c1. The summed E-state index contributed by atoms with van der Waals surface area (Å²) in [6.07, 6.45) is 6.88. The largest absolute Gasteiger partial charge is 0.493 e. The van der Waals surface area contributed by atoms with E-state index < -0.39 is 23.5 Å². The van der Waals surface area contributed by atoms with Crippen LogP contribution in [0.2, 0.25) is 0 Å². The van der Waals surface area contributed by atoms with Crippen LogP contribution in [-0.4, -0.2) is 37.2 Å². The van der Waals surface area contributed by atoms with Crippen LogP contribution < -0.4 is 14.8 Å². The second-order valence-electron chi connectivity index (χ2n) is 7.07. The lowest BCUT2D eigenvalue weighted by atomic mass is 9.83. The molecule has 1 atom stereocenters. The van der Waals surface area contributed by atoms with E-state index in [9.17, 15) is 14.9 Å². The van der Waals surface area contributed by atoms with Crippen LogP contribution in [-0.2, 0) is 14.3 Å². The molecule has 1 aliphatic carbocycles. The van der Waals surface area contributed by atoms with Crippen LogP contribution in [0.25, 0.3) is 6.08 Å². The third kappa shape index (κ3) is 6.24. The van der Waals surface area contributed by atoms with Gasteiger partial charge in [-0.05, 0) is 44.4 Å². The molecular formula is C22H28N2O5. The molecule has 1 aromatic carbocycles. The quantitative estimate of drug-likeness (QED) is 0.672. The number of carbonyl (C=O) groups is 2. The molecular weight excluding hydrogens is 372 g/mol. The Balaban J connectivity index is 1.88. The topological polar surface area (TPSA) is 97.6 Å². The summed E-state index contributed by atoms with van der Waals surface area (Å²) < 4.78 is 15.9. The van der Waals surface area contributed by atoms with Gasteiger partial charge in [0, 0.05) is 0 Å². The molecule has 0 saturated heterocycles. The number of esters is 1. The fraction of sp³-hybridized carbons (Fsp3) is 0.500. The Morgan fingerprint density at radius 1 is 1.28 bits per heavy atom. The van der Waals surface area contributed by atoms with E-state index in [0.29, 0.717) is 24.3 Å². The predicted octanol–water partition coefficient (Wildman–Crippen LogP) is 3.38. The zero-order valence-corrected chi connectivity index (χ0v) is 17.2. The van der Waals surface area contributed by atoms with Gasteiger partial charge in [0.15, 0.2) is 24.2 Å². The van der Waals surface area contributed by atoms with Gasteiger partial charge in [-0.25, -0.2) is 4.79 Å². The molecule has 0 unspecified atom stereocenters. The van der Waals surface area contributed by atoms with Crippen molar-refractivity contribution in [2.45, 2.75) is 57.6 Å². The van der Waals surface area contributed by atoms with Crippen LogP contribution in [0.4, 0.5) is 0 Å². The molecule has 7 nitrogen and oxygen atoms in total. The standard InChI is InChI=1S/C22H28N2O5/c1-4-8-17-9-10-18(19(13-17)27-3)28-14-20(25)29-16(2)21(26)24-22(15-23)11-6-5-7-12-22/h4,8-10,13,16H,5-7,11-12,14H2,1-3H3,(H,24,26)/b8-4+/t16-/m1/s1. The van der Waals surface area contributed by atoms with E-state index in [4.69, 9.17) is 14.2 Å². The van der Waals surface area contributed by atoms with Crippen molar-refractivity contribution in [2.24, 2.45) is 0 Å². The first-order valence-corrected chi connectivity index (χ1v) is 9.79. The predicted molar refractivity (Wildman–Crippen MR) is 108 cm³/mol. The van der Waals surface area contributed by atoms with Crippen molar-refractivity contribution in [3.8, 4) is 17.6 Å². The number of hydrogen-bond donors (Lipinski definition) is 1. The third-order valence-corrected chi connectivity index (χ3v) is 4.85. The highest BCUT2D eigenvalue weighted by Crippen LogP contribution is 2.29. The minimum atomic E-state index is -1.02. The normalized spacial score (nSPS) is 16.5. The van der Waals surface area contributed by atoms with E-state index in [-0.39, 0.29) is 6.61 Å². The second kappa shape index (κ2) is 10.5. The average Bonchev–Trinajstić information content (AvgIpc) is 2.73. The van der Waals surface area contributed by atoms with Crippen LogP contribution >= 0.6 is 0 Å². The van der Waals surface area contributed by atoms with Gasteiger partial charge in [0.05, 0.1) is 13.2 Å². The van der Waals surface area contributed by atoms with Gasteiger partial charge in [-0.2, -0.15) is 5.26 Å². The molecule has 0 spiro atoms. The number of ether oxygens (including phenoxy) is 3. The molecule has 0 bridgehead atoms. The van der Waals surface area contributed by atoms with Crippen molar-refractivity contribution in [2.75, 3.05) is 13.7 Å². The number of nitriles is 1. The van der Waals surface area contributed by atoms with Crippen LogP contribution in [0.1, 0.15) is 51.5 Å². The van der Waals surface area contributed by atoms with Crippen molar-refractivity contribution >= 4 is 18.0 Å². The summed E-state index contributed by atoms with van der Waals surface area (Å²) in [5.74, 6) is -0.259. The number of hydrogen-bond acceptors (Lipinski definition) is 6. The first-order valence-electron chi connectivity index (χ1n) is 9.79. The number of nitrogens with one attached hydrogen (secondary N) is 1. The van der Waals surface area contributed by atoms with E-state index in [2.05, 4.69) is 11.4 Å². The second-order valence-corrected chi connectivity index (χ2v) is 7.07. The number of methoxy groups -OCH3 is 1. The van der Waals surface area contributed by atoms with E-state index in [1.54, 1.807) is 12.1 Å². The summed E-state index contributed by atoms with van der Waals surface area (Å²) in [6, 6.07) is 7.55. The van der Waals surface area contributed by atoms with Crippen LogP contribution in [0.5, 0.6) is 11.5 Å². The highest BCUT2D eigenvalue weighted by Gasteiger charge is 2.35. The number of allylic oxidation sites excluding steroid dienone is 1. The number of amides is 1. The van der Waals surface area contributed by atoms with Gasteiger partial charge in [0.2, 0.25) is 0 Å². The summed E-state index contributed by atoms with van der Waals surface area (Å²) in [5.41, 5.74) is 0.0767. The highest BCUT2D eigenvalue weighted by atomic mass is 16.6. The van der Waals surface area contributed by atoms with Crippen molar-refractivity contribution in [3.63, 3.8) is 0 Å². The number of nitrogens with zero attached hydrogens (tertiary/aromatic N) is 1. The lowest BCUT2D eigenvalue weighted by Crippen LogP contribution is -2.52. The molecule has 7 heteroatoms. The van der Waals surface area contributed by atoms with Crippen molar-refractivity contribution in [1.29, 1.82) is 5.26 Å². The summed E-state index contributed by atoms with van der Waals surface area (Å²) >= 11 is 0. The van der Waals surface area contributed by atoms with Gasteiger partial charge in [0.1, 0.15) is 5.54 Å². The number of carbonyl (C=O) groups excluding carboxylic acids is 2. The van der Waals surface area contributed by atoms with Crippen molar-refractivity contribution in [1.82, 2.24) is 5.32 Å². The Bertz CT molecular complexity index is 791. The molecule has 0 heterocycles. The first kappa shape index (κ1) is 22.3. The highest BCUT2D eigenvalue weighted by molar-refractivity contribution is 5.84. The molecule has 1 saturated carbocycles. The molecule has 2 rings (SSSR count). The molecule has 1 aliphatic rings. The maximum absolute atomic E-state index is 12.4. The summed E-state index contributed by atoms with van der Waals surface area (Å²) in [4.78, 5) is 24.5. The maximum Gasteiger partial charge on any atom is 0.344 e.